The van der Waals surface area contributed by atoms with Gasteiger partial charge in [-0.25, -0.2) is 0 Å². The zero-order valence-corrected chi connectivity index (χ0v) is 15.2. The number of anilines is 1. The second-order valence-electron chi connectivity index (χ2n) is 7.58. The van der Waals surface area contributed by atoms with E-state index in [0.717, 1.165) is 6.42 Å². The molecule has 0 N–H and O–H groups in total. The van der Waals surface area contributed by atoms with E-state index in [9.17, 15) is 14.4 Å². The van der Waals surface area contributed by atoms with Gasteiger partial charge in [-0.1, -0.05) is 42.5 Å². The predicted octanol–water partition coefficient (Wildman–Crippen LogP) is 3.26. The van der Waals surface area contributed by atoms with Crippen molar-refractivity contribution in [2.75, 3.05) is 11.5 Å². The van der Waals surface area contributed by atoms with Crippen molar-refractivity contribution in [3.05, 3.63) is 72.3 Å². The summed E-state index contributed by atoms with van der Waals surface area (Å²) in [7, 11) is 0. The molecule has 0 spiro atoms. The van der Waals surface area contributed by atoms with Gasteiger partial charge in [0.25, 0.3) is 0 Å². The molecule has 1 heterocycles. The number of benzene rings is 2. The molecule has 0 radical (unpaired) electrons. The van der Waals surface area contributed by atoms with Crippen LogP contribution in [0.2, 0.25) is 0 Å². The van der Waals surface area contributed by atoms with E-state index in [4.69, 9.17) is 4.74 Å². The lowest BCUT2D eigenvalue weighted by molar-refractivity contribution is -0.123. The van der Waals surface area contributed by atoms with Crippen molar-refractivity contribution in [1.29, 1.82) is 0 Å². The quantitative estimate of drug-likeness (QED) is 0.458. The number of carbonyl (C=O) groups excluding carboxylic acids is 3. The second-order valence-corrected chi connectivity index (χ2v) is 7.58. The first-order chi connectivity index (χ1) is 13.6. The third kappa shape index (κ3) is 2.58. The van der Waals surface area contributed by atoms with Gasteiger partial charge in [-0.15, -0.1) is 0 Å². The number of hydrogen-bond acceptors (Lipinski definition) is 4. The minimum absolute atomic E-state index is 0.0654. The molecule has 5 nitrogen and oxygen atoms in total. The Balaban J connectivity index is 1.28. The number of Topliss-reactive ketones (excluding diaryl/α,β-unsaturated/α-hetero) is 1. The van der Waals surface area contributed by atoms with Gasteiger partial charge in [-0.2, -0.15) is 0 Å². The lowest BCUT2D eigenvalue weighted by atomic mass is 9.85. The standard InChI is InChI=1S/C23H19NO4/c25-19(14-4-2-1-3-5-14)13-28-18-10-8-17(9-11-18)24-22(26)20-15-6-7-16(12-15)21(20)23(24)27/h1-11,15-16,20-21H,12-13H2/t15-,16-,20+,21+/m1/s1. The predicted molar refractivity (Wildman–Crippen MR) is 103 cm³/mol. The molecule has 1 aliphatic heterocycles. The monoisotopic (exact) mass is 373 g/mol. The molecule has 28 heavy (non-hydrogen) atoms. The van der Waals surface area contributed by atoms with E-state index in [1.54, 1.807) is 36.4 Å². The Labute approximate surface area is 162 Å². The van der Waals surface area contributed by atoms with Crippen molar-refractivity contribution in [2.45, 2.75) is 6.42 Å². The lowest BCUT2D eigenvalue weighted by Crippen LogP contribution is -2.32. The first kappa shape index (κ1) is 16.9. The molecule has 0 aromatic heterocycles. The van der Waals surface area contributed by atoms with Crippen LogP contribution in [-0.4, -0.2) is 24.2 Å². The van der Waals surface area contributed by atoms with Crippen LogP contribution in [-0.2, 0) is 9.59 Å². The summed E-state index contributed by atoms with van der Waals surface area (Å²) in [6.45, 7) is -0.0654. The molecule has 2 bridgehead atoms. The van der Waals surface area contributed by atoms with Gasteiger partial charge in [-0.05, 0) is 42.5 Å². The third-order valence-electron chi connectivity index (χ3n) is 6.03. The highest BCUT2D eigenvalue weighted by Gasteiger charge is 2.59. The molecule has 2 aliphatic carbocycles. The molecule has 140 valence electrons. The molecule has 2 fully saturated rings. The number of ketones is 1. The molecule has 0 unspecified atom stereocenters. The fourth-order valence-corrected chi connectivity index (χ4v) is 4.70. The summed E-state index contributed by atoms with van der Waals surface area (Å²) in [5.41, 5.74) is 1.16. The zero-order valence-electron chi connectivity index (χ0n) is 15.2. The fourth-order valence-electron chi connectivity index (χ4n) is 4.70. The van der Waals surface area contributed by atoms with Crippen LogP contribution in [0.15, 0.2) is 66.7 Å². The molecule has 1 saturated heterocycles. The van der Waals surface area contributed by atoms with Crippen molar-refractivity contribution in [1.82, 2.24) is 0 Å². The van der Waals surface area contributed by atoms with E-state index >= 15 is 0 Å². The normalized spacial score (nSPS) is 27.4. The maximum atomic E-state index is 12.8. The van der Waals surface area contributed by atoms with Crippen LogP contribution in [0.5, 0.6) is 5.75 Å². The minimum atomic E-state index is -0.207. The molecule has 2 amide bonds. The smallest absolute Gasteiger partial charge is 0.238 e. The molecule has 2 aromatic rings. The van der Waals surface area contributed by atoms with Gasteiger partial charge in [0.2, 0.25) is 11.8 Å². The molecule has 4 atom stereocenters. The van der Waals surface area contributed by atoms with E-state index < -0.39 is 0 Å². The lowest BCUT2D eigenvalue weighted by Gasteiger charge is -2.17. The second kappa shape index (κ2) is 6.44. The van der Waals surface area contributed by atoms with Crippen molar-refractivity contribution in [3.8, 4) is 5.75 Å². The number of nitrogens with zero attached hydrogens (tertiary/aromatic N) is 1. The average Bonchev–Trinajstić information content (AvgIpc) is 3.41. The summed E-state index contributed by atoms with van der Waals surface area (Å²) < 4.78 is 5.56. The van der Waals surface area contributed by atoms with E-state index in [2.05, 4.69) is 12.2 Å². The van der Waals surface area contributed by atoms with Crippen LogP contribution in [0, 0.1) is 23.7 Å². The van der Waals surface area contributed by atoms with Gasteiger partial charge in [0.05, 0.1) is 17.5 Å². The van der Waals surface area contributed by atoms with Crippen molar-refractivity contribution < 1.29 is 19.1 Å². The number of fused-ring (bicyclic) bond motifs is 5. The van der Waals surface area contributed by atoms with Gasteiger partial charge >= 0.3 is 0 Å². The molecule has 2 aromatic carbocycles. The van der Waals surface area contributed by atoms with E-state index in [-0.39, 0.29) is 47.9 Å². The Kier molecular flexibility index (Phi) is 3.90. The Morgan fingerprint density at radius 2 is 1.50 bits per heavy atom. The number of ether oxygens (including phenoxy) is 1. The van der Waals surface area contributed by atoms with Gasteiger partial charge < -0.3 is 4.74 Å². The molecular formula is C23H19NO4. The summed E-state index contributed by atoms with van der Waals surface area (Å²) in [5, 5.41) is 0. The van der Waals surface area contributed by atoms with Gasteiger partial charge in [0, 0.05) is 5.56 Å². The van der Waals surface area contributed by atoms with E-state index in [0.29, 0.717) is 17.0 Å². The van der Waals surface area contributed by atoms with Crippen LogP contribution >= 0.6 is 0 Å². The van der Waals surface area contributed by atoms with Gasteiger partial charge in [0.15, 0.2) is 12.4 Å². The zero-order chi connectivity index (χ0) is 19.3. The Morgan fingerprint density at radius 1 is 0.893 bits per heavy atom. The molecule has 5 rings (SSSR count). The summed E-state index contributed by atoms with van der Waals surface area (Å²) in [6, 6.07) is 15.8. The number of carbonyl (C=O) groups is 3. The fraction of sp³-hybridized carbons (Fsp3) is 0.261. The largest absolute Gasteiger partial charge is 0.485 e. The summed E-state index contributed by atoms with van der Waals surface area (Å²) >= 11 is 0. The number of amides is 2. The van der Waals surface area contributed by atoms with E-state index in [1.807, 2.05) is 18.2 Å². The first-order valence-electron chi connectivity index (χ1n) is 9.51. The summed E-state index contributed by atoms with van der Waals surface area (Å²) in [4.78, 5) is 39.1. The number of allylic oxidation sites excluding steroid dienone is 2. The molecular weight excluding hydrogens is 354 g/mol. The number of hydrogen-bond donors (Lipinski definition) is 0. The highest BCUT2D eigenvalue weighted by atomic mass is 16.5. The van der Waals surface area contributed by atoms with Crippen molar-refractivity contribution in [3.63, 3.8) is 0 Å². The Bertz CT molecular complexity index is 949. The van der Waals surface area contributed by atoms with Crippen LogP contribution in [0.3, 0.4) is 0 Å². The number of imide groups is 1. The average molecular weight is 373 g/mol. The Morgan fingerprint density at radius 3 is 2.11 bits per heavy atom. The van der Waals surface area contributed by atoms with Crippen molar-refractivity contribution >= 4 is 23.3 Å². The van der Waals surface area contributed by atoms with Gasteiger partial charge in [0.1, 0.15) is 5.75 Å². The molecule has 5 heteroatoms. The SMILES string of the molecule is O=C(COc1ccc(N2C(=O)[C@@H]3[C@@H](C2=O)[C@@H]2C=C[C@@H]3C2)cc1)c1ccccc1. The highest BCUT2D eigenvalue weighted by molar-refractivity contribution is 6.22. The summed E-state index contributed by atoms with van der Waals surface area (Å²) in [6.07, 6.45) is 5.09. The summed E-state index contributed by atoms with van der Waals surface area (Å²) in [5.74, 6) is 0.203. The van der Waals surface area contributed by atoms with E-state index in [1.165, 1.54) is 4.90 Å². The number of rotatable bonds is 5. The topological polar surface area (TPSA) is 63.7 Å². The van der Waals surface area contributed by atoms with Crippen LogP contribution in [0.1, 0.15) is 16.8 Å². The molecule has 1 saturated carbocycles. The first-order valence-corrected chi connectivity index (χ1v) is 9.51. The van der Waals surface area contributed by atoms with Crippen LogP contribution < -0.4 is 9.64 Å². The van der Waals surface area contributed by atoms with Crippen molar-refractivity contribution in [2.24, 2.45) is 23.7 Å². The minimum Gasteiger partial charge on any atom is -0.485 e. The maximum absolute atomic E-state index is 12.8. The van der Waals surface area contributed by atoms with Crippen LogP contribution in [0.25, 0.3) is 0 Å². The van der Waals surface area contributed by atoms with Gasteiger partial charge in [-0.3, -0.25) is 19.3 Å². The van der Waals surface area contributed by atoms with Crippen LogP contribution in [0.4, 0.5) is 5.69 Å². The third-order valence-corrected chi connectivity index (χ3v) is 6.03. The Hall–Kier alpha value is -3.21. The maximum Gasteiger partial charge on any atom is 0.238 e. The molecule has 3 aliphatic rings. The highest BCUT2D eigenvalue weighted by Crippen LogP contribution is 2.53.